The van der Waals surface area contributed by atoms with Crippen molar-refractivity contribution in [3.8, 4) is 0 Å². The Morgan fingerprint density at radius 1 is 0.750 bits per heavy atom. The first kappa shape index (κ1) is 44.3. The summed E-state index contributed by atoms with van der Waals surface area (Å²) in [5.41, 5.74) is 0. The van der Waals surface area contributed by atoms with Crippen LogP contribution in [0.3, 0.4) is 0 Å². The van der Waals surface area contributed by atoms with E-state index in [1.165, 1.54) is 0 Å². The Morgan fingerprint density at radius 3 is 0.938 bits per heavy atom. The van der Waals surface area contributed by atoms with Gasteiger partial charge >= 0.3 is 45.5 Å². The van der Waals surface area contributed by atoms with Crippen molar-refractivity contribution in [1.82, 2.24) is 0 Å². The molecule has 0 aliphatic carbocycles. The first-order chi connectivity index (χ1) is 4.46. The molecule has 0 aliphatic rings. The molecule has 0 aromatic rings. The number of carbonyl (C=O) groups excluding carboxylic acids is 2. The summed E-state index contributed by atoms with van der Waals surface area (Å²) < 4.78 is 0. The smallest absolute Gasteiger partial charge is 0.547 e. The zero-order valence-electron chi connectivity index (χ0n) is 7.89. The van der Waals surface area contributed by atoms with Gasteiger partial charge in [0, 0.05) is 0 Å². The van der Waals surface area contributed by atoms with Crippen molar-refractivity contribution in [3.63, 3.8) is 0 Å². The number of carbonyl (C=O) groups is 2. The van der Waals surface area contributed by atoms with Crippen molar-refractivity contribution in [2.75, 3.05) is 0 Å². The maximum Gasteiger partial charge on any atom is 2.00 e. The van der Waals surface area contributed by atoms with Gasteiger partial charge in [0.05, 0.1) is 11.9 Å². The minimum atomic E-state index is -2.44. The summed E-state index contributed by atoms with van der Waals surface area (Å²) in [5.74, 6) is -4.12. The molecule has 0 amide bonds. The fourth-order valence-corrected chi connectivity index (χ4v) is 0.258. The van der Waals surface area contributed by atoms with Crippen LogP contribution in [0.2, 0.25) is 0 Å². The molecule has 0 spiro atoms. The summed E-state index contributed by atoms with van der Waals surface area (Å²) in [6, 6.07) is 0. The third kappa shape index (κ3) is 16.6. The molecule has 0 radical (unpaired) electrons. The standard InChI is InChI=1S/C4H6O6.5H2O.Sr/c5-1(3(7)8)2(6)4(9)10;;;;;;/h1-2,5-6H,(H,7,8)(H,9,10);5*1H2;/q;;;;;;+2/p-2. The van der Waals surface area contributed by atoms with Gasteiger partial charge in [0.2, 0.25) is 0 Å². The van der Waals surface area contributed by atoms with Crippen LogP contribution in [-0.2, 0) is 9.59 Å². The first-order valence-corrected chi connectivity index (χ1v) is 2.24. The van der Waals surface area contributed by atoms with Crippen LogP contribution in [0.5, 0.6) is 0 Å². The average molecular weight is 326 g/mol. The summed E-state index contributed by atoms with van der Waals surface area (Å²) in [7, 11) is 0. The Balaban J connectivity index is -0.0000000270. The van der Waals surface area contributed by atoms with E-state index in [-0.39, 0.29) is 72.9 Å². The van der Waals surface area contributed by atoms with E-state index in [0.717, 1.165) is 0 Å². The van der Waals surface area contributed by atoms with E-state index in [9.17, 15) is 19.8 Å². The van der Waals surface area contributed by atoms with Crippen molar-refractivity contribution < 1.29 is 57.4 Å². The van der Waals surface area contributed by atoms with Crippen LogP contribution < -0.4 is 10.2 Å². The molecule has 0 saturated carbocycles. The molecule has 12 N–H and O–H groups in total. The largest absolute Gasteiger partial charge is 2.00 e. The summed E-state index contributed by atoms with van der Waals surface area (Å²) in [4.78, 5) is 19.3. The number of carboxylic acids is 2. The molecule has 98 valence electrons. The van der Waals surface area contributed by atoms with Crippen LogP contribution in [0.15, 0.2) is 0 Å². The fraction of sp³-hybridized carbons (Fsp3) is 0.500. The van der Waals surface area contributed by atoms with Crippen LogP contribution in [0, 0.1) is 0 Å². The van der Waals surface area contributed by atoms with Crippen molar-refractivity contribution in [3.05, 3.63) is 0 Å². The molecule has 0 heterocycles. The van der Waals surface area contributed by atoms with Crippen LogP contribution in [0.4, 0.5) is 0 Å². The van der Waals surface area contributed by atoms with Crippen molar-refractivity contribution >= 4 is 57.4 Å². The van der Waals surface area contributed by atoms with Gasteiger partial charge in [-0.15, -0.1) is 0 Å². The summed E-state index contributed by atoms with van der Waals surface area (Å²) >= 11 is 0. The van der Waals surface area contributed by atoms with Crippen molar-refractivity contribution in [2.45, 2.75) is 12.2 Å². The van der Waals surface area contributed by atoms with Gasteiger partial charge in [-0.05, 0) is 0 Å². The number of hydrogen-bond donors (Lipinski definition) is 2. The summed E-state index contributed by atoms with van der Waals surface area (Å²) in [6.07, 6.45) is -4.88. The van der Waals surface area contributed by atoms with E-state index in [0.29, 0.717) is 0 Å². The van der Waals surface area contributed by atoms with Gasteiger partial charge in [-0.3, -0.25) is 0 Å². The molecule has 0 aliphatic heterocycles. The third-order valence-electron chi connectivity index (χ3n) is 0.782. The molecule has 16 heavy (non-hydrogen) atoms. The average Bonchev–Trinajstić information content (AvgIpc) is 1.84. The number of aliphatic hydroxyl groups excluding tert-OH is 2. The van der Waals surface area contributed by atoms with E-state index in [2.05, 4.69) is 0 Å². The first-order valence-electron chi connectivity index (χ1n) is 2.24. The van der Waals surface area contributed by atoms with Gasteiger partial charge in [-0.25, -0.2) is 0 Å². The zero-order chi connectivity index (χ0) is 8.31. The molecule has 0 fully saturated rings. The van der Waals surface area contributed by atoms with E-state index in [1.807, 2.05) is 0 Å². The number of carboxylic acid groups (broad SMARTS) is 2. The van der Waals surface area contributed by atoms with Crippen molar-refractivity contribution in [2.24, 2.45) is 0 Å². The van der Waals surface area contributed by atoms with E-state index < -0.39 is 24.1 Å². The maximum absolute atomic E-state index is 9.63. The summed E-state index contributed by atoms with van der Waals surface area (Å²) in [6.45, 7) is 0. The third-order valence-corrected chi connectivity index (χ3v) is 0.782. The molecule has 2 unspecified atom stereocenters. The maximum atomic E-state index is 9.63. The van der Waals surface area contributed by atoms with Crippen molar-refractivity contribution in [1.29, 1.82) is 0 Å². The molecule has 0 aromatic heterocycles. The van der Waals surface area contributed by atoms with E-state index in [1.54, 1.807) is 0 Å². The van der Waals surface area contributed by atoms with Crippen LogP contribution in [-0.4, -0.2) is 107 Å². The van der Waals surface area contributed by atoms with Crippen LogP contribution in [0.1, 0.15) is 0 Å². The molecule has 2 atom stereocenters. The number of aliphatic carboxylic acids is 2. The van der Waals surface area contributed by atoms with Gasteiger partial charge in [0.1, 0.15) is 12.2 Å². The molecule has 0 aromatic carbocycles. The van der Waals surface area contributed by atoms with Gasteiger partial charge in [-0.1, -0.05) is 0 Å². The molecular formula is C4H14O11Sr. The Kier molecular flexibility index (Phi) is 56.9. The molecule has 11 nitrogen and oxygen atoms in total. The number of hydrogen-bond acceptors (Lipinski definition) is 6. The van der Waals surface area contributed by atoms with E-state index in [4.69, 9.17) is 10.2 Å². The predicted octanol–water partition coefficient (Wildman–Crippen LogP) is -9.30. The Morgan fingerprint density at radius 2 is 0.875 bits per heavy atom. The Labute approximate surface area is 126 Å². The Hall–Kier alpha value is 0.141. The topological polar surface area (TPSA) is 278 Å². The number of aliphatic hydroxyl groups is 2. The normalized spacial score (nSPS) is 9.88. The zero-order valence-corrected chi connectivity index (χ0v) is 11.4. The second-order valence-electron chi connectivity index (χ2n) is 1.53. The summed E-state index contributed by atoms with van der Waals surface area (Å²) in [5, 5.41) is 35.7. The van der Waals surface area contributed by atoms with Crippen LogP contribution >= 0.6 is 0 Å². The van der Waals surface area contributed by atoms with Gasteiger partial charge in [0.25, 0.3) is 0 Å². The molecule has 0 bridgehead atoms. The van der Waals surface area contributed by atoms with Crippen LogP contribution in [0.25, 0.3) is 0 Å². The molecule has 12 heteroatoms. The Bertz CT molecular complexity index is 142. The van der Waals surface area contributed by atoms with Gasteiger partial charge < -0.3 is 57.4 Å². The minimum absolute atomic E-state index is 0. The minimum Gasteiger partial charge on any atom is -0.547 e. The van der Waals surface area contributed by atoms with Gasteiger partial charge in [0.15, 0.2) is 0 Å². The number of rotatable bonds is 3. The monoisotopic (exact) mass is 326 g/mol. The second kappa shape index (κ2) is 20.5. The fourth-order valence-electron chi connectivity index (χ4n) is 0.258. The molecule has 0 saturated heterocycles. The molecule has 0 rings (SSSR count). The SMILES string of the molecule is O.O.O.O.O.O=C([O-])C(O)C(O)C(=O)[O-].[Sr+2]. The van der Waals surface area contributed by atoms with E-state index >= 15 is 0 Å². The predicted molar refractivity (Wildman–Crippen MR) is 45.9 cm³/mol. The van der Waals surface area contributed by atoms with Gasteiger partial charge in [-0.2, -0.15) is 0 Å². The quantitative estimate of drug-likeness (QED) is 0.474. The molecular weight excluding hydrogens is 312 g/mol. The second-order valence-corrected chi connectivity index (χ2v) is 1.53.